The normalized spacial score (nSPS) is 12.3. The van der Waals surface area contributed by atoms with E-state index in [9.17, 15) is 5.11 Å². The van der Waals surface area contributed by atoms with Gasteiger partial charge in [0.05, 0.1) is 5.69 Å². The first kappa shape index (κ1) is 17.4. The average molecular weight is 311 g/mol. The van der Waals surface area contributed by atoms with Crippen molar-refractivity contribution < 1.29 is 5.11 Å². The van der Waals surface area contributed by atoms with Crippen molar-refractivity contribution in [1.29, 1.82) is 0 Å². The second-order valence-electron chi connectivity index (χ2n) is 8.26. The molecule has 2 heteroatoms. The molecule has 0 heterocycles. The number of nitrogens with one attached hydrogen (secondary N) is 1. The van der Waals surface area contributed by atoms with E-state index in [1.54, 1.807) is 0 Å². The molecule has 2 rings (SSSR count). The first-order valence-electron chi connectivity index (χ1n) is 8.25. The molecule has 0 saturated heterocycles. The largest absolute Gasteiger partial charge is 0.505 e. The maximum absolute atomic E-state index is 10.7. The van der Waals surface area contributed by atoms with Crippen LogP contribution in [0.3, 0.4) is 0 Å². The highest BCUT2D eigenvalue weighted by atomic mass is 16.3. The summed E-state index contributed by atoms with van der Waals surface area (Å²) in [6.45, 7) is 13.7. The summed E-state index contributed by atoms with van der Waals surface area (Å²) in [5.41, 5.74) is 4.17. The van der Waals surface area contributed by atoms with Crippen LogP contribution in [0.25, 0.3) is 0 Å². The van der Waals surface area contributed by atoms with Gasteiger partial charge in [0.25, 0.3) is 0 Å². The van der Waals surface area contributed by atoms with E-state index >= 15 is 0 Å². The minimum Gasteiger partial charge on any atom is -0.505 e. The first-order valence-corrected chi connectivity index (χ1v) is 8.25. The van der Waals surface area contributed by atoms with E-state index in [0.717, 1.165) is 11.3 Å². The molecule has 0 saturated carbocycles. The lowest BCUT2D eigenvalue weighted by Gasteiger charge is -2.27. The first-order chi connectivity index (χ1) is 10.6. The van der Waals surface area contributed by atoms with Gasteiger partial charge in [-0.1, -0.05) is 77.9 Å². The fraction of sp³-hybridized carbons (Fsp3) is 0.429. The van der Waals surface area contributed by atoms with Crippen LogP contribution in [0.5, 0.6) is 5.75 Å². The van der Waals surface area contributed by atoms with Crippen LogP contribution in [0.1, 0.15) is 58.2 Å². The van der Waals surface area contributed by atoms with Crippen molar-refractivity contribution in [3.05, 3.63) is 59.2 Å². The van der Waals surface area contributed by atoms with E-state index < -0.39 is 0 Å². The molecule has 0 aliphatic rings. The molecule has 0 amide bonds. The van der Waals surface area contributed by atoms with Gasteiger partial charge in [-0.25, -0.2) is 0 Å². The van der Waals surface area contributed by atoms with Crippen molar-refractivity contribution >= 4 is 5.69 Å². The van der Waals surface area contributed by atoms with Crippen LogP contribution < -0.4 is 5.32 Å². The molecule has 0 spiro atoms. The van der Waals surface area contributed by atoms with Gasteiger partial charge < -0.3 is 10.4 Å². The highest BCUT2D eigenvalue weighted by Crippen LogP contribution is 2.40. The summed E-state index contributed by atoms with van der Waals surface area (Å²) in [5, 5.41) is 14.1. The molecule has 0 unspecified atom stereocenters. The van der Waals surface area contributed by atoms with Crippen LogP contribution in [0.4, 0.5) is 5.69 Å². The third-order valence-electron chi connectivity index (χ3n) is 4.11. The minimum absolute atomic E-state index is 0.0386. The Kier molecular flexibility index (Phi) is 4.74. The zero-order valence-electron chi connectivity index (χ0n) is 15.2. The van der Waals surface area contributed by atoms with Crippen molar-refractivity contribution in [2.75, 3.05) is 5.32 Å². The number of aromatic hydroxyl groups is 1. The SMILES string of the molecule is CC(C)(C)c1cc(NCc2ccccc2)c(O)c(C(C)(C)C)c1. The number of hydrogen-bond acceptors (Lipinski definition) is 2. The molecule has 0 aliphatic heterocycles. The zero-order chi connectivity index (χ0) is 17.3. The second kappa shape index (κ2) is 6.27. The summed E-state index contributed by atoms with van der Waals surface area (Å²) in [7, 11) is 0. The van der Waals surface area contributed by atoms with Gasteiger partial charge in [-0.15, -0.1) is 0 Å². The van der Waals surface area contributed by atoms with Gasteiger partial charge in [0, 0.05) is 12.1 Å². The van der Waals surface area contributed by atoms with Gasteiger partial charge in [0.2, 0.25) is 0 Å². The fourth-order valence-corrected chi connectivity index (χ4v) is 2.57. The van der Waals surface area contributed by atoms with Crippen molar-refractivity contribution in [3.8, 4) is 5.75 Å². The van der Waals surface area contributed by atoms with Crippen molar-refractivity contribution in [2.24, 2.45) is 0 Å². The van der Waals surface area contributed by atoms with Crippen LogP contribution in [0.15, 0.2) is 42.5 Å². The number of phenols is 1. The molecular weight excluding hydrogens is 282 g/mol. The highest BCUT2D eigenvalue weighted by Gasteiger charge is 2.24. The average Bonchev–Trinajstić information content (AvgIpc) is 2.44. The number of anilines is 1. The molecule has 0 radical (unpaired) electrons. The monoisotopic (exact) mass is 311 g/mol. The Bertz CT molecular complexity index is 661. The summed E-state index contributed by atoms with van der Waals surface area (Å²) in [6.07, 6.45) is 0. The molecule has 0 aliphatic carbocycles. The molecule has 0 fully saturated rings. The number of hydrogen-bond donors (Lipinski definition) is 2. The molecule has 0 bridgehead atoms. The predicted molar refractivity (Wildman–Crippen MR) is 99.3 cm³/mol. The van der Waals surface area contributed by atoms with Gasteiger partial charge in [-0.05, 0) is 28.0 Å². The third kappa shape index (κ3) is 4.28. The standard InChI is InChI=1S/C21H29NO/c1-20(2,3)16-12-17(21(4,5)6)19(23)18(13-16)22-14-15-10-8-7-9-11-15/h7-13,22-23H,14H2,1-6H3. The molecular formula is C21H29NO. The number of benzene rings is 2. The Labute approximate surface area is 140 Å². The summed E-state index contributed by atoms with van der Waals surface area (Å²) in [5.74, 6) is 0.362. The van der Waals surface area contributed by atoms with Gasteiger partial charge >= 0.3 is 0 Å². The van der Waals surface area contributed by atoms with Gasteiger partial charge in [0.15, 0.2) is 0 Å². The molecule has 0 atom stereocenters. The fourth-order valence-electron chi connectivity index (χ4n) is 2.57. The molecule has 0 aromatic heterocycles. The smallest absolute Gasteiger partial charge is 0.142 e. The Hall–Kier alpha value is -1.96. The topological polar surface area (TPSA) is 32.3 Å². The lowest BCUT2D eigenvalue weighted by Crippen LogP contribution is -2.17. The number of rotatable bonds is 3. The van der Waals surface area contributed by atoms with E-state index in [4.69, 9.17) is 0 Å². The predicted octanol–water partition coefficient (Wildman–Crippen LogP) is 5.60. The minimum atomic E-state index is -0.103. The molecule has 2 aromatic carbocycles. The van der Waals surface area contributed by atoms with E-state index in [-0.39, 0.29) is 10.8 Å². The number of phenolic OH excluding ortho intramolecular Hbond substituents is 1. The Morgan fingerprint density at radius 3 is 2.00 bits per heavy atom. The van der Waals surface area contributed by atoms with Gasteiger partial charge in [-0.2, -0.15) is 0 Å². The summed E-state index contributed by atoms with van der Waals surface area (Å²) in [4.78, 5) is 0. The van der Waals surface area contributed by atoms with Crippen LogP contribution in [0, 0.1) is 0 Å². The molecule has 2 nitrogen and oxygen atoms in total. The molecule has 23 heavy (non-hydrogen) atoms. The quantitative estimate of drug-likeness (QED) is 0.723. The second-order valence-corrected chi connectivity index (χ2v) is 8.26. The highest BCUT2D eigenvalue weighted by molar-refractivity contribution is 5.63. The Balaban J connectivity index is 2.41. The van der Waals surface area contributed by atoms with Crippen molar-refractivity contribution in [1.82, 2.24) is 0 Å². The van der Waals surface area contributed by atoms with Crippen LogP contribution in [0.2, 0.25) is 0 Å². The van der Waals surface area contributed by atoms with E-state index in [0.29, 0.717) is 12.3 Å². The maximum Gasteiger partial charge on any atom is 0.142 e. The molecule has 2 aromatic rings. The van der Waals surface area contributed by atoms with Crippen molar-refractivity contribution in [2.45, 2.75) is 58.9 Å². The van der Waals surface area contributed by atoms with Crippen LogP contribution >= 0.6 is 0 Å². The molecule has 124 valence electrons. The van der Waals surface area contributed by atoms with Gasteiger partial charge in [0.1, 0.15) is 5.75 Å². The lowest BCUT2D eigenvalue weighted by atomic mass is 9.79. The van der Waals surface area contributed by atoms with Crippen molar-refractivity contribution in [3.63, 3.8) is 0 Å². The van der Waals surface area contributed by atoms with Gasteiger partial charge in [-0.3, -0.25) is 0 Å². The maximum atomic E-state index is 10.7. The third-order valence-corrected chi connectivity index (χ3v) is 4.11. The van der Waals surface area contributed by atoms with E-state index in [2.05, 4.69) is 71.1 Å². The summed E-state index contributed by atoms with van der Waals surface area (Å²) >= 11 is 0. The lowest BCUT2D eigenvalue weighted by molar-refractivity contribution is 0.446. The van der Waals surface area contributed by atoms with Crippen LogP contribution in [-0.2, 0) is 17.4 Å². The summed E-state index contributed by atoms with van der Waals surface area (Å²) in [6, 6.07) is 14.5. The Morgan fingerprint density at radius 1 is 0.870 bits per heavy atom. The zero-order valence-corrected chi connectivity index (χ0v) is 15.2. The molecule has 2 N–H and O–H groups in total. The van der Waals surface area contributed by atoms with E-state index in [1.807, 2.05) is 18.2 Å². The summed E-state index contributed by atoms with van der Waals surface area (Å²) < 4.78 is 0. The van der Waals surface area contributed by atoms with E-state index in [1.165, 1.54) is 11.1 Å². The van der Waals surface area contributed by atoms with Crippen LogP contribution in [-0.4, -0.2) is 5.11 Å². The Morgan fingerprint density at radius 2 is 1.48 bits per heavy atom.